The zero-order valence-electron chi connectivity index (χ0n) is 15.4. The van der Waals surface area contributed by atoms with E-state index in [0.29, 0.717) is 6.04 Å². The largest absolute Gasteiger partial charge is 0.468 e. The normalized spacial score (nSPS) is 21.7. The molecule has 2 aromatic rings. The maximum absolute atomic E-state index is 5.51. The predicted octanol–water partition coefficient (Wildman–Crippen LogP) is 3.53. The molecule has 1 N–H and O–H groups in total. The lowest BCUT2D eigenvalue weighted by Gasteiger charge is -2.24. The summed E-state index contributed by atoms with van der Waals surface area (Å²) in [7, 11) is 0. The quantitative estimate of drug-likeness (QED) is 0.855. The first kappa shape index (κ1) is 17.3. The minimum atomic E-state index is 0.505. The second-order valence-electron chi connectivity index (χ2n) is 7.37. The monoisotopic (exact) mass is 355 g/mol. The van der Waals surface area contributed by atoms with Gasteiger partial charge in [-0.25, -0.2) is 4.98 Å². The molecule has 2 aliphatic heterocycles. The highest BCUT2D eigenvalue weighted by Gasteiger charge is 2.25. The molecule has 1 unspecified atom stereocenters. The minimum Gasteiger partial charge on any atom is -0.468 e. The molecule has 0 amide bonds. The van der Waals surface area contributed by atoms with Crippen LogP contribution < -0.4 is 10.2 Å². The standard InChI is InChI=1S/C20H29N5O/c1-2-4-12-24(11-3-1)19-9-10-21-20(23-19)22-15-17-7-5-13-25(17)16-18-8-6-14-26-18/h6,8-10,14,17H,1-5,7,11-13,15-16H2,(H,21,22,23). The lowest BCUT2D eigenvalue weighted by molar-refractivity contribution is 0.233. The lowest BCUT2D eigenvalue weighted by atomic mass is 10.2. The van der Waals surface area contributed by atoms with Gasteiger partial charge in [0.25, 0.3) is 0 Å². The van der Waals surface area contributed by atoms with Crippen molar-refractivity contribution in [2.75, 3.05) is 36.4 Å². The maximum atomic E-state index is 5.51. The SMILES string of the molecule is c1coc(CN2CCCC2CNc2nccc(N3CCCCCC3)n2)c1. The van der Waals surface area contributed by atoms with E-state index < -0.39 is 0 Å². The van der Waals surface area contributed by atoms with E-state index in [1.54, 1.807) is 6.26 Å². The van der Waals surface area contributed by atoms with E-state index in [2.05, 4.69) is 26.2 Å². The van der Waals surface area contributed by atoms with Crippen LogP contribution in [-0.4, -0.2) is 47.1 Å². The van der Waals surface area contributed by atoms with Gasteiger partial charge in [0.1, 0.15) is 11.6 Å². The van der Waals surface area contributed by atoms with E-state index in [1.807, 2.05) is 18.3 Å². The topological polar surface area (TPSA) is 57.4 Å². The van der Waals surface area contributed by atoms with E-state index in [9.17, 15) is 0 Å². The van der Waals surface area contributed by atoms with Gasteiger partial charge in [-0.1, -0.05) is 12.8 Å². The predicted molar refractivity (Wildman–Crippen MR) is 103 cm³/mol. The lowest BCUT2D eigenvalue weighted by Crippen LogP contribution is -2.34. The molecule has 0 bridgehead atoms. The number of furan rings is 1. The van der Waals surface area contributed by atoms with Crippen LogP contribution in [0.3, 0.4) is 0 Å². The average molecular weight is 355 g/mol. The molecule has 26 heavy (non-hydrogen) atoms. The van der Waals surface area contributed by atoms with Crippen molar-refractivity contribution in [1.82, 2.24) is 14.9 Å². The van der Waals surface area contributed by atoms with Crippen LogP contribution in [0.5, 0.6) is 0 Å². The Bertz CT molecular complexity index is 667. The zero-order valence-corrected chi connectivity index (χ0v) is 15.4. The second kappa shape index (κ2) is 8.54. The zero-order chi connectivity index (χ0) is 17.6. The Morgan fingerprint density at radius 2 is 1.96 bits per heavy atom. The number of likely N-dealkylation sites (tertiary alicyclic amines) is 1. The van der Waals surface area contributed by atoms with Crippen molar-refractivity contribution < 1.29 is 4.42 Å². The molecule has 0 radical (unpaired) electrons. The van der Waals surface area contributed by atoms with Crippen molar-refractivity contribution in [3.63, 3.8) is 0 Å². The first-order valence-corrected chi connectivity index (χ1v) is 9.97. The van der Waals surface area contributed by atoms with E-state index in [-0.39, 0.29) is 0 Å². The van der Waals surface area contributed by atoms with Crippen molar-refractivity contribution >= 4 is 11.8 Å². The molecule has 0 saturated carbocycles. The molecule has 0 aliphatic carbocycles. The van der Waals surface area contributed by atoms with E-state index in [0.717, 1.165) is 50.3 Å². The molecule has 2 fully saturated rings. The van der Waals surface area contributed by atoms with Crippen molar-refractivity contribution in [2.24, 2.45) is 0 Å². The Morgan fingerprint density at radius 3 is 2.77 bits per heavy atom. The summed E-state index contributed by atoms with van der Waals surface area (Å²) in [6, 6.07) is 6.55. The smallest absolute Gasteiger partial charge is 0.224 e. The third-order valence-corrected chi connectivity index (χ3v) is 5.50. The van der Waals surface area contributed by atoms with Crippen LogP contribution in [0.4, 0.5) is 11.8 Å². The second-order valence-corrected chi connectivity index (χ2v) is 7.37. The van der Waals surface area contributed by atoms with Gasteiger partial charge in [-0.15, -0.1) is 0 Å². The number of nitrogens with zero attached hydrogens (tertiary/aromatic N) is 4. The van der Waals surface area contributed by atoms with Gasteiger partial charge in [-0.2, -0.15) is 4.98 Å². The van der Waals surface area contributed by atoms with Crippen LogP contribution in [0.15, 0.2) is 35.1 Å². The summed E-state index contributed by atoms with van der Waals surface area (Å²) in [5.74, 6) is 2.84. The highest BCUT2D eigenvalue weighted by atomic mass is 16.3. The molecule has 2 aromatic heterocycles. The van der Waals surface area contributed by atoms with Gasteiger partial charge in [0, 0.05) is 31.9 Å². The van der Waals surface area contributed by atoms with Crippen molar-refractivity contribution in [2.45, 2.75) is 51.1 Å². The first-order chi connectivity index (χ1) is 12.9. The summed E-state index contributed by atoms with van der Waals surface area (Å²) in [5.41, 5.74) is 0. The Kier molecular flexibility index (Phi) is 5.69. The van der Waals surface area contributed by atoms with Gasteiger partial charge in [0.15, 0.2) is 0 Å². The Morgan fingerprint density at radius 1 is 1.08 bits per heavy atom. The molecule has 1 atom stereocenters. The number of anilines is 2. The number of hydrogen-bond donors (Lipinski definition) is 1. The molecule has 4 heterocycles. The van der Waals surface area contributed by atoms with Crippen LogP contribution in [0.1, 0.15) is 44.3 Å². The van der Waals surface area contributed by atoms with E-state index in [4.69, 9.17) is 9.40 Å². The van der Waals surface area contributed by atoms with Gasteiger partial charge >= 0.3 is 0 Å². The first-order valence-electron chi connectivity index (χ1n) is 9.97. The van der Waals surface area contributed by atoms with Gasteiger partial charge in [-0.3, -0.25) is 4.90 Å². The Hall–Kier alpha value is -2.08. The molecular weight excluding hydrogens is 326 g/mol. The van der Waals surface area contributed by atoms with Crippen LogP contribution in [0, 0.1) is 0 Å². The third kappa shape index (κ3) is 4.36. The van der Waals surface area contributed by atoms with Crippen LogP contribution in [0.25, 0.3) is 0 Å². The van der Waals surface area contributed by atoms with Crippen LogP contribution in [0.2, 0.25) is 0 Å². The van der Waals surface area contributed by atoms with Gasteiger partial charge < -0.3 is 14.6 Å². The number of rotatable bonds is 6. The summed E-state index contributed by atoms with van der Waals surface area (Å²) >= 11 is 0. The van der Waals surface area contributed by atoms with Gasteiger partial charge in [0.05, 0.1) is 12.8 Å². The molecule has 0 spiro atoms. The minimum absolute atomic E-state index is 0.505. The molecular formula is C20H29N5O. The summed E-state index contributed by atoms with van der Waals surface area (Å²) in [5, 5.41) is 3.47. The summed E-state index contributed by atoms with van der Waals surface area (Å²) in [4.78, 5) is 14.1. The molecule has 2 aliphatic rings. The fourth-order valence-electron chi connectivity index (χ4n) is 4.06. The molecule has 140 valence electrons. The molecule has 6 heteroatoms. The maximum Gasteiger partial charge on any atom is 0.224 e. The summed E-state index contributed by atoms with van der Waals surface area (Å²) in [6.07, 6.45) is 11.3. The Balaban J connectivity index is 1.34. The molecule has 6 nitrogen and oxygen atoms in total. The highest BCUT2D eigenvalue weighted by molar-refractivity contribution is 5.42. The number of hydrogen-bond acceptors (Lipinski definition) is 6. The van der Waals surface area contributed by atoms with E-state index in [1.165, 1.54) is 38.5 Å². The van der Waals surface area contributed by atoms with Gasteiger partial charge in [-0.05, 0) is 50.4 Å². The molecule has 2 saturated heterocycles. The van der Waals surface area contributed by atoms with Crippen molar-refractivity contribution in [3.8, 4) is 0 Å². The highest BCUT2D eigenvalue weighted by Crippen LogP contribution is 2.21. The van der Waals surface area contributed by atoms with Crippen molar-refractivity contribution in [3.05, 3.63) is 36.4 Å². The Labute approximate surface area is 155 Å². The van der Waals surface area contributed by atoms with Crippen molar-refractivity contribution in [1.29, 1.82) is 0 Å². The number of aromatic nitrogens is 2. The number of nitrogens with one attached hydrogen (secondary N) is 1. The van der Waals surface area contributed by atoms with Gasteiger partial charge in [0.2, 0.25) is 5.95 Å². The molecule has 0 aromatic carbocycles. The van der Waals surface area contributed by atoms with Crippen LogP contribution >= 0.6 is 0 Å². The van der Waals surface area contributed by atoms with Crippen LogP contribution in [-0.2, 0) is 6.54 Å². The summed E-state index contributed by atoms with van der Waals surface area (Å²) < 4.78 is 5.51. The summed E-state index contributed by atoms with van der Waals surface area (Å²) in [6.45, 7) is 5.10. The third-order valence-electron chi connectivity index (χ3n) is 5.50. The molecule has 4 rings (SSSR count). The van der Waals surface area contributed by atoms with E-state index >= 15 is 0 Å². The average Bonchev–Trinajstić information content (AvgIpc) is 3.26. The fourth-order valence-corrected chi connectivity index (χ4v) is 4.06. The fraction of sp³-hybridized carbons (Fsp3) is 0.600.